The van der Waals surface area contributed by atoms with Gasteiger partial charge >= 0.3 is 0 Å². The highest BCUT2D eigenvalue weighted by Crippen LogP contribution is 2.27. The molecule has 0 heterocycles. The largest absolute Gasteiger partial charge is 0.495 e. The third-order valence-corrected chi connectivity index (χ3v) is 5.59. The first-order valence-corrected chi connectivity index (χ1v) is 9.69. The molecule has 25 heavy (non-hydrogen) atoms. The summed E-state index contributed by atoms with van der Waals surface area (Å²) in [6, 6.07) is 9.91. The van der Waals surface area contributed by atoms with Gasteiger partial charge in [-0.1, -0.05) is 17.7 Å². The van der Waals surface area contributed by atoms with Crippen molar-refractivity contribution in [2.75, 3.05) is 18.2 Å². The van der Waals surface area contributed by atoms with Crippen molar-refractivity contribution in [2.24, 2.45) is 0 Å². The molecule has 1 N–H and O–H groups in total. The molecule has 0 saturated carbocycles. The van der Waals surface area contributed by atoms with Crippen molar-refractivity contribution in [3.05, 3.63) is 52.5 Å². The van der Waals surface area contributed by atoms with E-state index in [1.54, 1.807) is 0 Å². The van der Waals surface area contributed by atoms with Crippen LogP contribution in [-0.2, 0) is 14.6 Å². The average Bonchev–Trinajstić information content (AvgIpc) is 2.52. The Morgan fingerprint density at radius 1 is 1.12 bits per heavy atom. The second-order valence-corrected chi connectivity index (χ2v) is 8.31. The van der Waals surface area contributed by atoms with Crippen LogP contribution in [-0.4, -0.2) is 27.2 Å². The molecule has 0 aromatic heterocycles. The van der Waals surface area contributed by atoms with E-state index in [1.807, 2.05) is 32.0 Å². The molecule has 0 unspecified atom stereocenters. The smallest absolute Gasteiger partial charge is 0.225 e. The van der Waals surface area contributed by atoms with E-state index in [0.29, 0.717) is 11.4 Å². The summed E-state index contributed by atoms with van der Waals surface area (Å²) in [6.45, 7) is 3.86. The molecule has 0 saturated heterocycles. The maximum atomic E-state index is 12.4. The van der Waals surface area contributed by atoms with Crippen molar-refractivity contribution in [3.63, 3.8) is 0 Å². The number of anilines is 1. The molecule has 0 radical (unpaired) electrons. The van der Waals surface area contributed by atoms with Crippen LogP contribution in [0.3, 0.4) is 0 Å². The number of methoxy groups -OCH3 is 1. The van der Waals surface area contributed by atoms with E-state index in [2.05, 4.69) is 5.32 Å². The zero-order valence-electron chi connectivity index (χ0n) is 14.3. The highest BCUT2D eigenvalue weighted by atomic mass is 35.5. The van der Waals surface area contributed by atoms with Crippen molar-refractivity contribution in [3.8, 4) is 5.75 Å². The summed E-state index contributed by atoms with van der Waals surface area (Å²) in [6.07, 6.45) is -0.140. The number of carbonyl (C=O) groups is 1. The molecule has 1 amide bonds. The number of rotatable bonds is 6. The first kappa shape index (κ1) is 19.3. The van der Waals surface area contributed by atoms with E-state index in [0.717, 1.165) is 11.1 Å². The van der Waals surface area contributed by atoms with Crippen LogP contribution in [0.25, 0.3) is 0 Å². The SMILES string of the molecule is COc1ccc(S(=O)(=O)CCC(=O)Nc2cc(C)cc(C)c2)cc1Cl. The summed E-state index contributed by atoms with van der Waals surface area (Å²) in [4.78, 5) is 12.1. The molecule has 2 aromatic carbocycles. The number of hydrogen-bond acceptors (Lipinski definition) is 4. The number of carbonyl (C=O) groups excluding carboxylic acids is 1. The summed E-state index contributed by atoms with van der Waals surface area (Å²) in [7, 11) is -2.16. The van der Waals surface area contributed by atoms with Gasteiger partial charge in [-0.2, -0.15) is 0 Å². The lowest BCUT2D eigenvalue weighted by molar-refractivity contribution is -0.115. The zero-order chi connectivity index (χ0) is 18.6. The number of benzene rings is 2. The van der Waals surface area contributed by atoms with Crippen LogP contribution in [0.1, 0.15) is 17.5 Å². The molecular weight excluding hydrogens is 362 g/mol. The van der Waals surface area contributed by atoms with Crippen molar-refractivity contribution in [1.29, 1.82) is 0 Å². The fourth-order valence-electron chi connectivity index (χ4n) is 2.46. The van der Waals surface area contributed by atoms with Gasteiger partial charge < -0.3 is 10.1 Å². The second kappa shape index (κ2) is 7.89. The van der Waals surface area contributed by atoms with Gasteiger partial charge in [-0.05, 0) is 55.3 Å². The number of halogens is 1. The van der Waals surface area contributed by atoms with Gasteiger partial charge in [0.2, 0.25) is 5.91 Å². The van der Waals surface area contributed by atoms with E-state index in [9.17, 15) is 13.2 Å². The zero-order valence-corrected chi connectivity index (χ0v) is 15.9. The predicted molar refractivity (Wildman–Crippen MR) is 99.2 cm³/mol. The van der Waals surface area contributed by atoms with Gasteiger partial charge in [0.05, 0.1) is 22.8 Å². The van der Waals surface area contributed by atoms with Crippen LogP contribution in [0.5, 0.6) is 5.75 Å². The molecule has 0 aliphatic heterocycles. The van der Waals surface area contributed by atoms with E-state index in [1.165, 1.54) is 25.3 Å². The lowest BCUT2D eigenvalue weighted by Crippen LogP contribution is -2.17. The molecule has 2 aromatic rings. The number of sulfone groups is 1. The summed E-state index contributed by atoms with van der Waals surface area (Å²) < 4.78 is 29.7. The minimum absolute atomic E-state index is 0.0671. The molecule has 2 rings (SSSR count). The van der Waals surface area contributed by atoms with Crippen molar-refractivity contribution < 1.29 is 17.9 Å². The van der Waals surface area contributed by atoms with Gasteiger partial charge in [0.25, 0.3) is 0 Å². The normalized spacial score (nSPS) is 11.2. The minimum atomic E-state index is -3.61. The Kier molecular flexibility index (Phi) is 6.08. The Morgan fingerprint density at radius 3 is 2.32 bits per heavy atom. The van der Waals surface area contributed by atoms with Gasteiger partial charge in [-0.15, -0.1) is 0 Å². The van der Waals surface area contributed by atoms with Gasteiger partial charge in [-0.25, -0.2) is 8.42 Å². The second-order valence-electron chi connectivity index (χ2n) is 5.79. The Bertz CT molecular complexity index is 874. The van der Waals surface area contributed by atoms with Crippen LogP contribution < -0.4 is 10.1 Å². The summed E-state index contributed by atoms with van der Waals surface area (Å²) in [5, 5.41) is 2.94. The number of ether oxygens (including phenoxy) is 1. The Morgan fingerprint density at radius 2 is 1.76 bits per heavy atom. The van der Waals surface area contributed by atoms with Gasteiger partial charge in [0, 0.05) is 12.1 Å². The van der Waals surface area contributed by atoms with Crippen molar-refractivity contribution >= 4 is 33.0 Å². The lowest BCUT2D eigenvalue weighted by Gasteiger charge is -2.09. The van der Waals surface area contributed by atoms with Crippen LogP contribution in [0.4, 0.5) is 5.69 Å². The molecule has 0 aliphatic carbocycles. The molecule has 5 nitrogen and oxygen atoms in total. The third kappa shape index (κ3) is 5.21. The minimum Gasteiger partial charge on any atom is -0.495 e. The Hall–Kier alpha value is -2.05. The summed E-state index contributed by atoms with van der Waals surface area (Å²) in [5.41, 5.74) is 2.71. The first-order chi connectivity index (χ1) is 11.7. The van der Waals surface area contributed by atoms with Crippen LogP contribution >= 0.6 is 11.6 Å². The van der Waals surface area contributed by atoms with Crippen molar-refractivity contribution in [1.82, 2.24) is 0 Å². The summed E-state index contributed by atoms with van der Waals surface area (Å²) >= 11 is 5.97. The number of hydrogen-bond donors (Lipinski definition) is 1. The van der Waals surface area contributed by atoms with E-state index in [-0.39, 0.29) is 28.0 Å². The maximum absolute atomic E-state index is 12.4. The topological polar surface area (TPSA) is 72.5 Å². The van der Waals surface area contributed by atoms with Crippen molar-refractivity contribution in [2.45, 2.75) is 25.2 Å². The van der Waals surface area contributed by atoms with Gasteiger partial charge in [0.15, 0.2) is 9.84 Å². The molecule has 134 valence electrons. The maximum Gasteiger partial charge on any atom is 0.225 e. The average molecular weight is 382 g/mol. The molecule has 0 aliphatic rings. The standard InChI is InChI=1S/C18H20ClNO4S/c1-12-8-13(2)10-14(9-12)20-18(21)6-7-25(22,23)15-4-5-17(24-3)16(19)11-15/h4-5,8-11H,6-7H2,1-3H3,(H,20,21). The molecule has 0 atom stereocenters. The fraction of sp³-hybridized carbons (Fsp3) is 0.278. The van der Waals surface area contributed by atoms with E-state index < -0.39 is 9.84 Å². The van der Waals surface area contributed by atoms with Crippen LogP contribution in [0.2, 0.25) is 5.02 Å². The Balaban J connectivity index is 2.03. The van der Waals surface area contributed by atoms with Gasteiger partial charge in [-0.3, -0.25) is 4.79 Å². The van der Waals surface area contributed by atoms with E-state index in [4.69, 9.17) is 16.3 Å². The molecular formula is C18H20ClNO4S. The molecule has 7 heteroatoms. The first-order valence-electron chi connectivity index (χ1n) is 7.66. The molecule has 0 spiro atoms. The fourth-order valence-corrected chi connectivity index (χ4v) is 4.04. The number of aryl methyl sites for hydroxylation is 2. The highest BCUT2D eigenvalue weighted by molar-refractivity contribution is 7.91. The lowest BCUT2D eigenvalue weighted by atomic mass is 10.1. The van der Waals surface area contributed by atoms with Gasteiger partial charge in [0.1, 0.15) is 5.75 Å². The molecule has 0 fully saturated rings. The highest BCUT2D eigenvalue weighted by Gasteiger charge is 2.18. The Labute approximate surface area is 152 Å². The summed E-state index contributed by atoms with van der Waals surface area (Å²) in [5.74, 6) is -0.256. The monoisotopic (exact) mass is 381 g/mol. The molecule has 0 bridgehead atoms. The van der Waals surface area contributed by atoms with Crippen LogP contribution in [0.15, 0.2) is 41.3 Å². The predicted octanol–water partition coefficient (Wildman–Crippen LogP) is 3.77. The van der Waals surface area contributed by atoms with Crippen LogP contribution in [0, 0.1) is 13.8 Å². The quantitative estimate of drug-likeness (QED) is 0.826. The number of nitrogens with one attached hydrogen (secondary N) is 1. The third-order valence-electron chi connectivity index (χ3n) is 3.59. The number of amides is 1. The van der Waals surface area contributed by atoms with E-state index >= 15 is 0 Å².